The van der Waals surface area contributed by atoms with Crippen LogP contribution in [0.4, 0.5) is 0 Å². The lowest BCUT2D eigenvalue weighted by molar-refractivity contribution is -0.141. The van der Waals surface area contributed by atoms with E-state index in [0.717, 1.165) is 0 Å². The van der Waals surface area contributed by atoms with E-state index in [4.69, 9.17) is 14.2 Å². The largest absolute Gasteiger partial charge is 0.493 e. The normalized spacial score (nSPS) is 9.72. The molecule has 5 heteroatoms. The molecular weight excluding hydrogens is 236 g/mol. The van der Waals surface area contributed by atoms with Crippen LogP contribution >= 0.6 is 0 Å². The van der Waals surface area contributed by atoms with Crippen molar-refractivity contribution in [3.05, 3.63) is 23.8 Å². The molecule has 0 N–H and O–H groups in total. The minimum atomic E-state index is -0.530. The Morgan fingerprint density at radius 1 is 1.11 bits per heavy atom. The molecule has 18 heavy (non-hydrogen) atoms. The van der Waals surface area contributed by atoms with Gasteiger partial charge in [0, 0.05) is 5.56 Å². The molecule has 98 valence electrons. The minimum absolute atomic E-state index is 0.262. The van der Waals surface area contributed by atoms with Gasteiger partial charge in [0.25, 0.3) is 0 Å². The first-order valence-electron chi connectivity index (χ1n) is 5.53. The molecule has 5 nitrogen and oxygen atoms in total. The molecule has 0 heterocycles. The van der Waals surface area contributed by atoms with Crippen LogP contribution in [0, 0.1) is 0 Å². The summed E-state index contributed by atoms with van der Waals surface area (Å²) < 4.78 is 14.9. The van der Waals surface area contributed by atoms with Gasteiger partial charge >= 0.3 is 5.97 Å². The van der Waals surface area contributed by atoms with Crippen molar-refractivity contribution in [3.8, 4) is 11.5 Å². The molecule has 0 aliphatic rings. The van der Waals surface area contributed by atoms with Gasteiger partial charge in [0.1, 0.15) is 6.42 Å². The Balaban J connectivity index is 2.83. The molecule has 0 unspecified atom stereocenters. The molecule has 0 atom stereocenters. The average molecular weight is 252 g/mol. The Morgan fingerprint density at radius 2 is 1.78 bits per heavy atom. The summed E-state index contributed by atoms with van der Waals surface area (Å²) in [6.45, 7) is 1.96. The van der Waals surface area contributed by atoms with Crippen molar-refractivity contribution in [3.63, 3.8) is 0 Å². The van der Waals surface area contributed by atoms with Gasteiger partial charge in [0.15, 0.2) is 17.3 Å². The number of esters is 1. The van der Waals surface area contributed by atoms with Crippen LogP contribution in [-0.4, -0.2) is 32.6 Å². The predicted molar refractivity (Wildman–Crippen MR) is 65.1 cm³/mol. The van der Waals surface area contributed by atoms with Crippen LogP contribution < -0.4 is 9.47 Å². The molecule has 1 aromatic carbocycles. The second-order valence-corrected chi connectivity index (χ2v) is 3.47. The topological polar surface area (TPSA) is 61.8 Å². The Bertz CT molecular complexity index is 439. The Hall–Kier alpha value is -2.04. The SMILES string of the molecule is CCOC(=O)CC(=O)c1ccc(OC)c(OC)c1. The van der Waals surface area contributed by atoms with Crippen LogP contribution in [0.5, 0.6) is 11.5 Å². The summed E-state index contributed by atoms with van der Waals surface area (Å²) in [6.07, 6.45) is -0.274. The molecule has 0 amide bonds. The van der Waals surface area contributed by atoms with Crippen LogP contribution in [0.3, 0.4) is 0 Å². The van der Waals surface area contributed by atoms with Crippen LogP contribution in [0.2, 0.25) is 0 Å². The average Bonchev–Trinajstić information content (AvgIpc) is 2.38. The minimum Gasteiger partial charge on any atom is -0.493 e. The first-order chi connectivity index (χ1) is 8.62. The zero-order valence-electron chi connectivity index (χ0n) is 10.7. The predicted octanol–water partition coefficient (Wildman–Crippen LogP) is 1.84. The monoisotopic (exact) mass is 252 g/mol. The highest BCUT2D eigenvalue weighted by Crippen LogP contribution is 2.27. The maximum atomic E-state index is 11.8. The molecule has 1 rings (SSSR count). The maximum Gasteiger partial charge on any atom is 0.313 e. The molecule has 0 bridgehead atoms. The number of rotatable bonds is 6. The number of ketones is 1. The summed E-state index contributed by atoms with van der Waals surface area (Å²) in [5.41, 5.74) is 0.390. The third-order valence-electron chi connectivity index (χ3n) is 2.32. The van der Waals surface area contributed by atoms with Crippen LogP contribution in [0.1, 0.15) is 23.7 Å². The summed E-state index contributed by atoms with van der Waals surface area (Å²) in [6, 6.07) is 4.75. The number of methoxy groups -OCH3 is 2. The van der Waals surface area contributed by atoms with Crippen molar-refractivity contribution in [1.82, 2.24) is 0 Å². The number of benzene rings is 1. The van der Waals surface area contributed by atoms with E-state index in [2.05, 4.69) is 0 Å². The molecule has 0 aromatic heterocycles. The van der Waals surface area contributed by atoms with Gasteiger partial charge in [-0.15, -0.1) is 0 Å². The van der Waals surface area contributed by atoms with E-state index in [-0.39, 0.29) is 18.8 Å². The van der Waals surface area contributed by atoms with E-state index >= 15 is 0 Å². The van der Waals surface area contributed by atoms with E-state index in [1.165, 1.54) is 14.2 Å². The van der Waals surface area contributed by atoms with Crippen molar-refractivity contribution < 1.29 is 23.8 Å². The van der Waals surface area contributed by atoms with Gasteiger partial charge < -0.3 is 14.2 Å². The second kappa shape index (κ2) is 6.64. The highest BCUT2D eigenvalue weighted by Gasteiger charge is 2.14. The van der Waals surface area contributed by atoms with Crippen molar-refractivity contribution in [1.29, 1.82) is 0 Å². The van der Waals surface area contributed by atoms with Crippen molar-refractivity contribution in [2.75, 3.05) is 20.8 Å². The smallest absolute Gasteiger partial charge is 0.313 e. The third-order valence-corrected chi connectivity index (χ3v) is 2.32. The van der Waals surface area contributed by atoms with E-state index in [1.807, 2.05) is 0 Å². The van der Waals surface area contributed by atoms with Crippen LogP contribution in [0.25, 0.3) is 0 Å². The van der Waals surface area contributed by atoms with Gasteiger partial charge in [-0.05, 0) is 25.1 Å². The Kier molecular flexibility index (Phi) is 5.17. The number of Topliss-reactive ketones (excluding diaryl/α,β-unsaturated/α-hetero) is 1. The van der Waals surface area contributed by atoms with Gasteiger partial charge in [-0.3, -0.25) is 9.59 Å². The lowest BCUT2D eigenvalue weighted by atomic mass is 10.1. The lowest BCUT2D eigenvalue weighted by Gasteiger charge is -2.08. The molecule has 0 saturated heterocycles. The third kappa shape index (κ3) is 3.48. The molecule has 0 radical (unpaired) electrons. The van der Waals surface area contributed by atoms with E-state index in [1.54, 1.807) is 25.1 Å². The summed E-state index contributed by atoms with van der Waals surface area (Å²) in [7, 11) is 3.00. The zero-order valence-corrected chi connectivity index (χ0v) is 10.7. The molecular formula is C13H16O5. The number of hydrogen-bond donors (Lipinski definition) is 0. The second-order valence-electron chi connectivity index (χ2n) is 3.47. The Labute approximate surface area is 106 Å². The fraction of sp³-hybridized carbons (Fsp3) is 0.385. The summed E-state index contributed by atoms with van der Waals surface area (Å²) in [4.78, 5) is 23.0. The Morgan fingerprint density at radius 3 is 2.33 bits per heavy atom. The first-order valence-corrected chi connectivity index (χ1v) is 5.53. The molecule has 0 spiro atoms. The highest BCUT2D eigenvalue weighted by molar-refractivity contribution is 6.06. The van der Waals surface area contributed by atoms with Crippen LogP contribution in [0.15, 0.2) is 18.2 Å². The zero-order chi connectivity index (χ0) is 13.5. The fourth-order valence-electron chi connectivity index (χ4n) is 1.45. The number of hydrogen-bond acceptors (Lipinski definition) is 5. The van der Waals surface area contributed by atoms with Crippen molar-refractivity contribution >= 4 is 11.8 Å². The van der Waals surface area contributed by atoms with Crippen molar-refractivity contribution in [2.45, 2.75) is 13.3 Å². The first kappa shape index (κ1) is 14.0. The fourth-order valence-corrected chi connectivity index (χ4v) is 1.45. The van der Waals surface area contributed by atoms with Gasteiger partial charge in [0.2, 0.25) is 0 Å². The summed E-state index contributed by atoms with van der Waals surface area (Å²) in [5.74, 6) is 0.143. The highest BCUT2D eigenvalue weighted by atomic mass is 16.5. The maximum absolute atomic E-state index is 11.8. The van der Waals surface area contributed by atoms with Gasteiger partial charge in [-0.1, -0.05) is 0 Å². The standard InChI is InChI=1S/C13H16O5/c1-4-18-13(15)8-10(14)9-5-6-11(16-2)12(7-9)17-3/h5-7H,4,8H2,1-3H3. The number of ether oxygens (including phenoxy) is 3. The molecule has 0 aliphatic carbocycles. The number of carbonyl (C=O) groups is 2. The van der Waals surface area contributed by atoms with E-state index < -0.39 is 5.97 Å². The molecule has 0 aliphatic heterocycles. The molecule has 0 fully saturated rings. The van der Waals surface area contributed by atoms with Crippen LogP contribution in [-0.2, 0) is 9.53 Å². The summed E-state index contributed by atoms with van der Waals surface area (Å²) >= 11 is 0. The van der Waals surface area contributed by atoms with E-state index in [0.29, 0.717) is 17.1 Å². The quantitative estimate of drug-likeness (QED) is 0.439. The molecule has 1 aromatic rings. The van der Waals surface area contributed by atoms with Crippen molar-refractivity contribution in [2.24, 2.45) is 0 Å². The summed E-state index contributed by atoms with van der Waals surface area (Å²) in [5, 5.41) is 0. The van der Waals surface area contributed by atoms with Gasteiger partial charge in [0.05, 0.1) is 20.8 Å². The number of carbonyl (C=O) groups excluding carboxylic acids is 2. The van der Waals surface area contributed by atoms with Gasteiger partial charge in [-0.25, -0.2) is 0 Å². The lowest BCUT2D eigenvalue weighted by Crippen LogP contribution is -2.11. The van der Waals surface area contributed by atoms with Gasteiger partial charge in [-0.2, -0.15) is 0 Å². The molecule has 0 saturated carbocycles. The van der Waals surface area contributed by atoms with E-state index in [9.17, 15) is 9.59 Å².